The highest BCUT2D eigenvalue weighted by Crippen LogP contribution is 2.23. The van der Waals surface area contributed by atoms with Crippen molar-refractivity contribution in [3.05, 3.63) is 52.5 Å². The van der Waals surface area contributed by atoms with E-state index in [1.165, 1.54) is 6.20 Å². The van der Waals surface area contributed by atoms with Crippen LogP contribution in [0.5, 0.6) is 0 Å². The number of nitrogens with two attached hydrogens (primary N) is 1. The first-order chi connectivity index (χ1) is 12.9. The highest BCUT2D eigenvalue weighted by Gasteiger charge is 2.25. The summed E-state index contributed by atoms with van der Waals surface area (Å²) in [6.07, 6.45) is 3.12. The molecule has 1 aliphatic rings. The van der Waals surface area contributed by atoms with Gasteiger partial charge in [0.2, 0.25) is 0 Å². The van der Waals surface area contributed by atoms with Crippen molar-refractivity contribution in [2.24, 2.45) is 11.7 Å². The molecule has 140 valence electrons. The van der Waals surface area contributed by atoms with Crippen LogP contribution in [0, 0.1) is 19.8 Å². The molecule has 4 rings (SSSR count). The molecule has 0 saturated carbocycles. The summed E-state index contributed by atoms with van der Waals surface area (Å²) in [5.74, 6) is -0.313. The number of hydrogen-bond donors (Lipinski definition) is 3. The van der Waals surface area contributed by atoms with Crippen LogP contribution in [0.2, 0.25) is 0 Å². The van der Waals surface area contributed by atoms with Crippen molar-refractivity contribution in [3.8, 4) is 0 Å². The minimum absolute atomic E-state index is 0.113. The summed E-state index contributed by atoms with van der Waals surface area (Å²) in [4.78, 5) is 27.3. The quantitative estimate of drug-likeness (QED) is 0.659. The highest BCUT2D eigenvalue weighted by atomic mass is 16.2. The second kappa shape index (κ2) is 6.57. The molecule has 0 fully saturated rings. The van der Waals surface area contributed by atoms with E-state index in [-0.39, 0.29) is 11.8 Å². The van der Waals surface area contributed by atoms with E-state index < -0.39 is 5.91 Å². The van der Waals surface area contributed by atoms with Crippen molar-refractivity contribution in [1.82, 2.24) is 20.1 Å². The first-order valence-corrected chi connectivity index (χ1v) is 9.15. The summed E-state index contributed by atoms with van der Waals surface area (Å²) in [7, 11) is 0. The smallest absolute Gasteiger partial charge is 0.267 e. The third-order valence-electron chi connectivity index (χ3n) is 5.33. The van der Waals surface area contributed by atoms with Crippen LogP contribution >= 0.6 is 0 Å². The maximum absolute atomic E-state index is 12.6. The number of fused-ring (bicyclic) bond motifs is 2. The first-order valence-electron chi connectivity index (χ1n) is 9.15. The van der Waals surface area contributed by atoms with Crippen LogP contribution in [0.25, 0.3) is 10.9 Å². The maximum atomic E-state index is 12.6. The van der Waals surface area contributed by atoms with Gasteiger partial charge in [-0.25, -0.2) is 0 Å². The molecule has 7 heteroatoms. The summed E-state index contributed by atoms with van der Waals surface area (Å²) in [6, 6.07) is 6.06. The fraction of sp³-hybridized carbons (Fsp3) is 0.350. The van der Waals surface area contributed by atoms with Crippen molar-refractivity contribution in [2.45, 2.75) is 33.2 Å². The monoisotopic (exact) mass is 365 g/mol. The molecule has 1 aliphatic heterocycles. The lowest BCUT2D eigenvalue weighted by Gasteiger charge is -2.24. The van der Waals surface area contributed by atoms with Gasteiger partial charge in [0.05, 0.1) is 17.5 Å². The van der Waals surface area contributed by atoms with Crippen molar-refractivity contribution in [3.63, 3.8) is 0 Å². The van der Waals surface area contributed by atoms with E-state index >= 15 is 0 Å². The van der Waals surface area contributed by atoms with E-state index in [9.17, 15) is 9.59 Å². The lowest BCUT2D eigenvalue weighted by atomic mass is 9.94. The van der Waals surface area contributed by atoms with Crippen molar-refractivity contribution < 1.29 is 9.59 Å². The average Bonchev–Trinajstić information content (AvgIpc) is 3.23. The van der Waals surface area contributed by atoms with Crippen molar-refractivity contribution >= 4 is 22.7 Å². The third-order valence-corrected chi connectivity index (χ3v) is 5.33. The molecule has 2 aromatic heterocycles. The minimum atomic E-state index is -0.454. The average molecular weight is 365 g/mol. The van der Waals surface area contributed by atoms with E-state index in [1.54, 1.807) is 0 Å². The number of primary amides is 1. The van der Waals surface area contributed by atoms with Crippen LogP contribution in [0.4, 0.5) is 0 Å². The van der Waals surface area contributed by atoms with Gasteiger partial charge in [-0.3, -0.25) is 14.3 Å². The molecule has 3 heterocycles. The van der Waals surface area contributed by atoms with E-state index in [0.29, 0.717) is 24.2 Å². The van der Waals surface area contributed by atoms with Crippen LogP contribution in [0.3, 0.4) is 0 Å². The Morgan fingerprint density at radius 3 is 2.93 bits per heavy atom. The Morgan fingerprint density at radius 2 is 2.15 bits per heavy atom. The molecule has 0 aliphatic carbocycles. The van der Waals surface area contributed by atoms with Gasteiger partial charge in [0.15, 0.2) is 0 Å². The van der Waals surface area contributed by atoms with E-state index in [2.05, 4.69) is 21.5 Å². The summed E-state index contributed by atoms with van der Waals surface area (Å²) >= 11 is 0. The Kier molecular flexibility index (Phi) is 4.22. The van der Waals surface area contributed by atoms with Gasteiger partial charge in [-0.2, -0.15) is 5.10 Å². The SMILES string of the molecule is Cc1cc(C)c2cc(C(=O)NCC3CCn4ncc(C(N)=O)c4C3)[nH]c2c1. The zero-order valence-corrected chi connectivity index (χ0v) is 15.5. The zero-order chi connectivity index (χ0) is 19.1. The van der Waals surface area contributed by atoms with Gasteiger partial charge in [0.1, 0.15) is 5.69 Å². The third kappa shape index (κ3) is 3.20. The van der Waals surface area contributed by atoms with Gasteiger partial charge in [-0.1, -0.05) is 6.07 Å². The summed E-state index contributed by atoms with van der Waals surface area (Å²) in [5, 5.41) is 8.31. The van der Waals surface area contributed by atoms with Gasteiger partial charge < -0.3 is 16.0 Å². The fourth-order valence-corrected chi connectivity index (χ4v) is 3.93. The number of carbonyl (C=O) groups is 2. The molecule has 0 spiro atoms. The number of aryl methyl sites for hydroxylation is 3. The Morgan fingerprint density at radius 1 is 1.33 bits per heavy atom. The number of carbonyl (C=O) groups excluding carboxylic acids is 2. The molecule has 0 bridgehead atoms. The molecule has 4 N–H and O–H groups in total. The molecular formula is C20H23N5O2. The van der Waals surface area contributed by atoms with Gasteiger partial charge in [-0.05, 0) is 55.9 Å². The second-order valence-corrected chi connectivity index (χ2v) is 7.39. The number of benzene rings is 1. The van der Waals surface area contributed by atoms with E-state index in [0.717, 1.165) is 40.7 Å². The number of aromatic nitrogens is 3. The topological polar surface area (TPSA) is 106 Å². The molecule has 1 aromatic carbocycles. The normalized spacial score (nSPS) is 16.3. The lowest BCUT2D eigenvalue weighted by Crippen LogP contribution is -2.34. The van der Waals surface area contributed by atoms with Crippen LogP contribution in [0.15, 0.2) is 24.4 Å². The van der Waals surface area contributed by atoms with Gasteiger partial charge >= 0.3 is 0 Å². The summed E-state index contributed by atoms with van der Waals surface area (Å²) < 4.78 is 1.83. The lowest BCUT2D eigenvalue weighted by molar-refractivity contribution is 0.0938. The van der Waals surface area contributed by atoms with Crippen LogP contribution in [-0.2, 0) is 13.0 Å². The van der Waals surface area contributed by atoms with Crippen LogP contribution < -0.4 is 11.1 Å². The predicted octanol–water partition coefficient (Wildman–Crippen LogP) is 2.07. The second-order valence-electron chi connectivity index (χ2n) is 7.39. The van der Waals surface area contributed by atoms with Crippen LogP contribution in [-0.4, -0.2) is 33.1 Å². The van der Waals surface area contributed by atoms with Crippen molar-refractivity contribution in [1.29, 1.82) is 0 Å². The molecule has 0 radical (unpaired) electrons. The maximum Gasteiger partial charge on any atom is 0.267 e. The first kappa shape index (κ1) is 17.3. The van der Waals surface area contributed by atoms with E-state index in [4.69, 9.17) is 5.73 Å². The summed E-state index contributed by atoms with van der Waals surface area (Å²) in [5.41, 5.74) is 10.6. The van der Waals surface area contributed by atoms with E-state index in [1.807, 2.05) is 30.7 Å². The minimum Gasteiger partial charge on any atom is -0.365 e. The van der Waals surface area contributed by atoms with Crippen LogP contribution in [0.1, 0.15) is 44.1 Å². The summed E-state index contributed by atoms with van der Waals surface area (Å²) in [6.45, 7) is 5.37. The Hall–Kier alpha value is -3.09. The molecule has 7 nitrogen and oxygen atoms in total. The molecule has 3 aromatic rings. The number of nitrogens with zero attached hydrogens (tertiary/aromatic N) is 2. The molecule has 0 saturated heterocycles. The Balaban J connectivity index is 1.45. The highest BCUT2D eigenvalue weighted by molar-refractivity contribution is 5.99. The molecule has 1 unspecified atom stereocenters. The number of nitrogens with one attached hydrogen (secondary N) is 2. The number of aromatic amines is 1. The zero-order valence-electron chi connectivity index (χ0n) is 15.5. The number of rotatable bonds is 4. The molecule has 1 atom stereocenters. The number of amides is 2. The fourth-order valence-electron chi connectivity index (χ4n) is 3.93. The van der Waals surface area contributed by atoms with Gasteiger partial charge in [0.25, 0.3) is 11.8 Å². The predicted molar refractivity (Wildman–Crippen MR) is 103 cm³/mol. The largest absolute Gasteiger partial charge is 0.365 e. The number of H-pyrrole nitrogens is 1. The molecule has 27 heavy (non-hydrogen) atoms. The molecule has 2 amide bonds. The Labute approximate surface area is 156 Å². The van der Waals surface area contributed by atoms with Gasteiger partial charge in [0, 0.05) is 24.0 Å². The van der Waals surface area contributed by atoms with Gasteiger partial charge in [-0.15, -0.1) is 0 Å². The van der Waals surface area contributed by atoms with Crippen molar-refractivity contribution in [2.75, 3.05) is 6.54 Å². The Bertz CT molecular complexity index is 1050. The number of hydrogen-bond acceptors (Lipinski definition) is 3. The standard InChI is InChI=1S/C20H23N5O2/c1-11-5-12(2)14-8-17(24-16(14)6-11)20(27)22-9-13-3-4-25-18(7-13)15(10-23-25)19(21)26/h5-6,8,10,13,24H,3-4,7,9H2,1-2H3,(H2,21,26)(H,22,27). The molecular weight excluding hydrogens is 342 g/mol.